The van der Waals surface area contributed by atoms with Gasteiger partial charge in [-0.3, -0.25) is 9.59 Å². The van der Waals surface area contributed by atoms with E-state index in [0.717, 1.165) is 11.1 Å². The van der Waals surface area contributed by atoms with Crippen LogP contribution in [-0.2, 0) is 4.79 Å². The van der Waals surface area contributed by atoms with Crippen molar-refractivity contribution in [2.75, 3.05) is 19.7 Å². The van der Waals surface area contributed by atoms with Crippen LogP contribution in [0.5, 0.6) is 5.75 Å². The zero-order valence-electron chi connectivity index (χ0n) is 14.6. The molecule has 2 rings (SSSR count). The molecule has 0 fully saturated rings. The Morgan fingerprint density at radius 2 is 1.54 bits per heavy atom. The molecule has 7 heteroatoms. The van der Waals surface area contributed by atoms with Crippen LogP contribution in [0.3, 0.4) is 0 Å². The van der Waals surface area contributed by atoms with Gasteiger partial charge in [0.15, 0.2) is 6.61 Å². The van der Waals surface area contributed by atoms with E-state index in [9.17, 15) is 9.59 Å². The van der Waals surface area contributed by atoms with Crippen molar-refractivity contribution in [1.82, 2.24) is 10.6 Å². The molecule has 138 valence electrons. The van der Waals surface area contributed by atoms with Crippen LogP contribution in [0.25, 0.3) is 0 Å². The van der Waals surface area contributed by atoms with Gasteiger partial charge in [-0.05, 0) is 61.4 Å². The normalized spacial score (nSPS) is 10.3. The summed E-state index contributed by atoms with van der Waals surface area (Å²) in [6, 6.07) is 10.1. The summed E-state index contributed by atoms with van der Waals surface area (Å²) in [5.41, 5.74) is 2.30. The van der Waals surface area contributed by atoms with Crippen molar-refractivity contribution in [3.63, 3.8) is 0 Å². The largest absolute Gasteiger partial charge is 0.484 e. The number of amides is 2. The molecule has 0 bridgehead atoms. The molecule has 0 spiro atoms. The molecule has 0 saturated carbocycles. The number of carbonyl (C=O) groups excluding carboxylic acids is 2. The quantitative estimate of drug-likeness (QED) is 0.705. The van der Waals surface area contributed by atoms with E-state index in [-0.39, 0.29) is 18.4 Å². The van der Waals surface area contributed by atoms with Crippen LogP contribution in [0.1, 0.15) is 21.5 Å². The Bertz CT molecular complexity index is 769. The maximum absolute atomic E-state index is 11.9. The van der Waals surface area contributed by atoms with Gasteiger partial charge < -0.3 is 15.4 Å². The van der Waals surface area contributed by atoms with Crippen LogP contribution in [0.15, 0.2) is 36.4 Å². The van der Waals surface area contributed by atoms with Crippen LogP contribution in [-0.4, -0.2) is 31.5 Å². The minimum Gasteiger partial charge on any atom is -0.484 e. The number of nitrogens with one attached hydrogen (secondary N) is 2. The first kappa shape index (κ1) is 20.1. The number of halogens is 2. The molecule has 2 aromatic carbocycles. The topological polar surface area (TPSA) is 67.4 Å². The van der Waals surface area contributed by atoms with Gasteiger partial charge in [0.1, 0.15) is 5.75 Å². The molecule has 0 atom stereocenters. The average Bonchev–Trinajstić information content (AvgIpc) is 2.61. The Labute approximate surface area is 162 Å². The van der Waals surface area contributed by atoms with Crippen molar-refractivity contribution >= 4 is 35.0 Å². The maximum Gasteiger partial charge on any atom is 0.258 e. The molecule has 26 heavy (non-hydrogen) atoms. The highest BCUT2D eigenvalue weighted by Gasteiger charge is 2.07. The smallest absolute Gasteiger partial charge is 0.258 e. The van der Waals surface area contributed by atoms with Crippen molar-refractivity contribution in [2.24, 2.45) is 0 Å². The van der Waals surface area contributed by atoms with Crippen LogP contribution >= 0.6 is 23.2 Å². The summed E-state index contributed by atoms with van der Waals surface area (Å²) in [5, 5.41) is 6.66. The van der Waals surface area contributed by atoms with E-state index in [0.29, 0.717) is 34.4 Å². The standard InChI is InChI=1S/C19H20Cl2N2O3/c1-12-9-16(10-13(2)18(12)21)26-11-17(24)22-7-8-23-19(25)14-3-5-15(20)6-4-14/h3-6,9-10H,7-8,11H2,1-2H3,(H,22,24)(H,23,25). The van der Waals surface area contributed by atoms with Gasteiger partial charge in [-0.1, -0.05) is 23.2 Å². The Balaban J connectivity index is 1.69. The highest BCUT2D eigenvalue weighted by molar-refractivity contribution is 6.32. The minimum absolute atomic E-state index is 0.106. The summed E-state index contributed by atoms with van der Waals surface area (Å²) >= 11 is 11.9. The number of hydrogen-bond donors (Lipinski definition) is 2. The third kappa shape index (κ3) is 5.93. The van der Waals surface area contributed by atoms with Gasteiger partial charge in [0.05, 0.1) is 0 Å². The lowest BCUT2D eigenvalue weighted by Gasteiger charge is -2.11. The molecule has 5 nitrogen and oxygen atoms in total. The second kappa shape index (κ2) is 9.46. The Hall–Kier alpha value is -2.24. The summed E-state index contributed by atoms with van der Waals surface area (Å²) in [7, 11) is 0. The SMILES string of the molecule is Cc1cc(OCC(=O)NCCNC(=O)c2ccc(Cl)cc2)cc(C)c1Cl. The zero-order chi connectivity index (χ0) is 19.1. The number of ether oxygens (including phenoxy) is 1. The summed E-state index contributed by atoms with van der Waals surface area (Å²) in [4.78, 5) is 23.7. The highest BCUT2D eigenvalue weighted by atomic mass is 35.5. The van der Waals surface area contributed by atoms with Crippen LogP contribution in [0, 0.1) is 13.8 Å². The second-order valence-electron chi connectivity index (χ2n) is 5.77. The predicted molar refractivity (Wildman–Crippen MR) is 103 cm³/mol. The first-order chi connectivity index (χ1) is 12.4. The van der Waals surface area contributed by atoms with Crippen molar-refractivity contribution in [3.8, 4) is 5.75 Å². The molecular formula is C19H20Cl2N2O3. The van der Waals surface area contributed by atoms with Crippen molar-refractivity contribution in [1.29, 1.82) is 0 Å². The number of benzene rings is 2. The Kier molecular flexibility index (Phi) is 7.30. The van der Waals surface area contributed by atoms with E-state index < -0.39 is 0 Å². The minimum atomic E-state index is -0.268. The number of aryl methyl sites for hydroxylation is 2. The summed E-state index contributed by atoms with van der Waals surface area (Å²) in [6.07, 6.45) is 0. The van der Waals surface area contributed by atoms with E-state index in [1.807, 2.05) is 13.8 Å². The zero-order valence-corrected chi connectivity index (χ0v) is 16.1. The van der Waals surface area contributed by atoms with Gasteiger partial charge >= 0.3 is 0 Å². The lowest BCUT2D eigenvalue weighted by atomic mass is 10.1. The van der Waals surface area contributed by atoms with Gasteiger partial charge in [-0.2, -0.15) is 0 Å². The van der Waals surface area contributed by atoms with Gasteiger partial charge in [-0.15, -0.1) is 0 Å². The van der Waals surface area contributed by atoms with Gasteiger partial charge in [0, 0.05) is 28.7 Å². The molecule has 2 aromatic rings. The average molecular weight is 395 g/mol. The van der Waals surface area contributed by atoms with E-state index in [2.05, 4.69) is 10.6 Å². The molecule has 0 radical (unpaired) electrons. The molecule has 0 aliphatic rings. The van der Waals surface area contributed by atoms with Gasteiger partial charge in [0.2, 0.25) is 0 Å². The van der Waals surface area contributed by atoms with Crippen LogP contribution in [0.4, 0.5) is 0 Å². The molecular weight excluding hydrogens is 375 g/mol. The maximum atomic E-state index is 11.9. The third-order valence-electron chi connectivity index (χ3n) is 3.62. The lowest BCUT2D eigenvalue weighted by Crippen LogP contribution is -2.36. The molecule has 0 aliphatic heterocycles. The van der Waals surface area contributed by atoms with E-state index in [4.69, 9.17) is 27.9 Å². The molecule has 2 amide bonds. The van der Waals surface area contributed by atoms with Crippen molar-refractivity contribution in [2.45, 2.75) is 13.8 Å². The second-order valence-corrected chi connectivity index (χ2v) is 6.59. The number of carbonyl (C=O) groups is 2. The van der Waals surface area contributed by atoms with Crippen molar-refractivity contribution < 1.29 is 14.3 Å². The van der Waals surface area contributed by atoms with Gasteiger partial charge in [0.25, 0.3) is 11.8 Å². The predicted octanol–water partition coefficient (Wildman–Crippen LogP) is 3.54. The summed E-state index contributed by atoms with van der Waals surface area (Å²) in [5.74, 6) is 0.103. The number of rotatable bonds is 7. The number of hydrogen-bond acceptors (Lipinski definition) is 3. The fraction of sp³-hybridized carbons (Fsp3) is 0.263. The van der Waals surface area contributed by atoms with E-state index in [1.54, 1.807) is 36.4 Å². The molecule has 0 aliphatic carbocycles. The lowest BCUT2D eigenvalue weighted by molar-refractivity contribution is -0.123. The highest BCUT2D eigenvalue weighted by Crippen LogP contribution is 2.25. The molecule has 0 heterocycles. The van der Waals surface area contributed by atoms with E-state index >= 15 is 0 Å². The Morgan fingerprint density at radius 3 is 2.15 bits per heavy atom. The van der Waals surface area contributed by atoms with Crippen LogP contribution < -0.4 is 15.4 Å². The third-order valence-corrected chi connectivity index (χ3v) is 4.47. The monoisotopic (exact) mass is 394 g/mol. The van der Waals surface area contributed by atoms with E-state index in [1.165, 1.54) is 0 Å². The fourth-order valence-electron chi connectivity index (χ4n) is 2.27. The molecule has 0 unspecified atom stereocenters. The Morgan fingerprint density at radius 1 is 0.962 bits per heavy atom. The van der Waals surface area contributed by atoms with Gasteiger partial charge in [-0.25, -0.2) is 0 Å². The molecule has 0 saturated heterocycles. The fourth-order valence-corrected chi connectivity index (χ4v) is 2.51. The first-order valence-corrected chi connectivity index (χ1v) is 8.82. The van der Waals surface area contributed by atoms with Crippen molar-refractivity contribution in [3.05, 3.63) is 63.1 Å². The summed E-state index contributed by atoms with van der Waals surface area (Å²) in [6.45, 7) is 4.27. The molecule has 0 aromatic heterocycles. The molecule has 2 N–H and O–H groups in total. The first-order valence-electron chi connectivity index (χ1n) is 8.07. The van der Waals surface area contributed by atoms with Crippen LogP contribution in [0.2, 0.25) is 10.0 Å². The summed E-state index contributed by atoms with van der Waals surface area (Å²) < 4.78 is 5.47.